The highest BCUT2D eigenvalue weighted by Gasteiger charge is 2.36. The number of hydrogen-bond acceptors (Lipinski definition) is 4. The van der Waals surface area contributed by atoms with E-state index >= 15 is 0 Å². The number of amides is 3. The second-order valence-corrected chi connectivity index (χ2v) is 9.47. The van der Waals surface area contributed by atoms with Gasteiger partial charge in [0.25, 0.3) is 5.69 Å². The SMILES string of the molecule is CC(Cc1c[nH]c2ccccc12)(NC(=O)Nc1ccc([N+](=O)[O-])cc1)C(=O)NCC1CCCCC1. The normalized spacial score (nSPS) is 15.8. The van der Waals surface area contributed by atoms with Crippen LogP contribution in [-0.4, -0.2) is 33.9 Å². The van der Waals surface area contributed by atoms with Gasteiger partial charge in [-0.25, -0.2) is 4.79 Å². The molecule has 1 aliphatic carbocycles. The zero-order valence-corrected chi connectivity index (χ0v) is 19.8. The molecule has 2 aromatic carbocycles. The predicted molar refractivity (Wildman–Crippen MR) is 135 cm³/mol. The Morgan fingerprint density at radius 3 is 2.51 bits per heavy atom. The van der Waals surface area contributed by atoms with Gasteiger partial charge in [-0.3, -0.25) is 14.9 Å². The largest absolute Gasteiger partial charge is 0.361 e. The first-order valence-corrected chi connectivity index (χ1v) is 12.0. The first-order valence-electron chi connectivity index (χ1n) is 12.0. The van der Waals surface area contributed by atoms with Crippen LogP contribution >= 0.6 is 0 Å². The van der Waals surface area contributed by atoms with Gasteiger partial charge in [-0.2, -0.15) is 0 Å². The number of anilines is 1. The maximum Gasteiger partial charge on any atom is 0.320 e. The van der Waals surface area contributed by atoms with Crippen LogP contribution in [0, 0.1) is 16.0 Å². The summed E-state index contributed by atoms with van der Waals surface area (Å²) in [6, 6.07) is 12.8. The van der Waals surface area contributed by atoms with Crippen molar-refractivity contribution in [2.45, 2.75) is 51.0 Å². The summed E-state index contributed by atoms with van der Waals surface area (Å²) in [4.78, 5) is 39.9. The summed E-state index contributed by atoms with van der Waals surface area (Å²) in [6.07, 6.45) is 7.98. The van der Waals surface area contributed by atoms with Crippen LogP contribution in [0.25, 0.3) is 10.9 Å². The third-order valence-electron chi connectivity index (χ3n) is 6.72. The molecule has 184 valence electrons. The first-order chi connectivity index (χ1) is 16.8. The summed E-state index contributed by atoms with van der Waals surface area (Å²) in [7, 11) is 0. The fourth-order valence-corrected chi connectivity index (χ4v) is 4.74. The standard InChI is InChI=1S/C26H31N5O4/c1-26(24(32)28-16-18-7-3-2-4-8-18,15-19-17-27-23-10-6-5-9-22(19)23)30-25(33)29-20-11-13-21(14-12-20)31(34)35/h5-6,9-14,17-18,27H,2-4,7-8,15-16H2,1H3,(H,28,32)(H2,29,30,33). The summed E-state index contributed by atoms with van der Waals surface area (Å²) < 4.78 is 0. The summed E-state index contributed by atoms with van der Waals surface area (Å²) in [6.45, 7) is 2.31. The minimum atomic E-state index is -1.22. The Morgan fingerprint density at radius 1 is 1.09 bits per heavy atom. The number of aromatic amines is 1. The highest BCUT2D eigenvalue weighted by molar-refractivity contribution is 5.96. The predicted octanol–water partition coefficient (Wildman–Crippen LogP) is 4.90. The molecule has 1 aliphatic rings. The Morgan fingerprint density at radius 2 is 1.80 bits per heavy atom. The Bertz CT molecular complexity index is 1200. The third kappa shape index (κ3) is 5.98. The van der Waals surface area contributed by atoms with E-state index in [9.17, 15) is 19.7 Å². The van der Waals surface area contributed by atoms with E-state index in [0.29, 0.717) is 24.6 Å². The summed E-state index contributed by atoms with van der Waals surface area (Å²) >= 11 is 0. The van der Waals surface area contributed by atoms with E-state index in [2.05, 4.69) is 20.9 Å². The zero-order chi connectivity index (χ0) is 24.8. The maximum absolute atomic E-state index is 13.4. The number of hydrogen-bond donors (Lipinski definition) is 4. The van der Waals surface area contributed by atoms with Gasteiger partial charge in [0, 0.05) is 47.9 Å². The lowest BCUT2D eigenvalue weighted by Crippen LogP contribution is -2.59. The van der Waals surface area contributed by atoms with E-state index in [0.717, 1.165) is 29.3 Å². The van der Waals surface area contributed by atoms with Crippen LogP contribution in [-0.2, 0) is 11.2 Å². The smallest absolute Gasteiger partial charge is 0.320 e. The van der Waals surface area contributed by atoms with Crippen molar-refractivity contribution in [1.29, 1.82) is 0 Å². The van der Waals surface area contributed by atoms with Gasteiger partial charge in [0.1, 0.15) is 5.54 Å². The topological polar surface area (TPSA) is 129 Å². The van der Waals surface area contributed by atoms with Crippen molar-refractivity contribution < 1.29 is 14.5 Å². The molecule has 35 heavy (non-hydrogen) atoms. The van der Waals surface area contributed by atoms with Crippen molar-refractivity contribution in [3.05, 3.63) is 70.4 Å². The average Bonchev–Trinajstić information content (AvgIpc) is 3.25. The minimum absolute atomic E-state index is 0.0674. The fourth-order valence-electron chi connectivity index (χ4n) is 4.74. The summed E-state index contributed by atoms with van der Waals surface area (Å²) in [5.74, 6) is 0.214. The Hall–Kier alpha value is -3.88. The molecule has 1 heterocycles. The van der Waals surface area contributed by atoms with Crippen LogP contribution in [0.2, 0.25) is 0 Å². The van der Waals surface area contributed by atoms with Crippen molar-refractivity contribution in [2.24, 2.45) is 5.92 Å². The highest BCUT2D eigenvalue weighted by atomic mass is 16.6. The monoisotopic (exact) mass is 477 g/mol. The lowest BCUT2D eigenvalue weighted by atomic mass is 9.88. The summed E-state index contributed by atoms with van der Waals surface area (Å²) in [5, 5.41) is 20.5. The van der Waals surface area contributed by atoms with Crippen LogP contribution in [0.3, 0.4) is 0 Å². The summed E-state index contributed by atoms with van der Waals surface area (Å²) in [5.41, 5.74) is 0.992. The lowest BCUT2D eigenvalue weighted by Gasteiger charge is -2.31. The molecule has 0 aliphatic heterocycles. The maximum atomic E-state index is 13.4. The van der Waals surface area contributed by atoms with Gasteiger partial charge in [0.2, 0.25) is 5.91 Å². The molecule has 1 unspecified atom stereocenters. The number of carbonyl (C=O) groups excluding carboxylic acids is 2. The molecule has 9 nitrogen and oxygen atoms in total. The molecule has 0 spiro atoms. The molecule has 4 rings (SSSR count). The van der Waals surface area contributed by atoms with Crippen LogP contribution in [0.5, 0.6) is 0 Å². The van der Waals surface area contributed by atoms with Crippen molar-refractivity contribution in [1.82, 2.24) is 15.6 Å². The van der Waals surface area contributed by atoms with E-state index in [1.165, 1.54) is 43.5 Å². The van der Waals surface area contributed by atoms with Gasteiger partial charge in [-0.15, -0.1) is 0 Å². The molecule has 3 aromatic rings. The van der Waals surface area contributed by atoms with E-state index in [1.807, 2.05) is 30.5 Å². The van der Waals surface area contributed by atoms with Crippen molar-refractivity contribution in [2.75, 3.05) is 11.9 Å². The molecule has 1 atom stereocenters. The van der Waals surface area contributed by atoms with Crippen molar-refractivity contribution >= 4 is 34.2 Å². The van der Waals surface area contributed by atoms with Gasteiger partial charge in [0.05, 0.1) is 4.92 Å². The van der Waals surface area contributed by atoms with Crippen LogP contribution in [0.4, 0.5) is 16.2 Å². The van der Waals surface area contributed by atoms with Gasteiger partial charge in [0.15, 0.2) is 0 Å². The number of aromatic nitrogens is 1. The third-order valence-corrected chi connectivity index (χ3v) is 6.72. The number of fused-ring (bicyclic) bond motifs is 1. The lowest BCUT2D eigenvalue weighted by molar-refractivity contribution is -0.384. The number of nitrogens with one attached hydrogen (secondary N) is 4. The molecular weight excluding hydrogens is 446 g/mol. The van der Waals surface area contributed by atoms with Gasteiger partial charge in [-0.1, -0.05) is 37.5 Å². The second-order valence-electron chi connectivity index (χ2n) is 9.47. The molecule has 4 N–H and O–H groups in total. The molecule has 0 radical (unpaired) electrons. The van der Waals surface area contributed by atoms with Crippen LogP contribution < -0.4 is 16.0 Å². The molecule has 9 heteroatoms. The zero-order valence-electron chi connectivity index (χ0n) is 19.8. The number of non-ortho nitro benzene ring substituents is 1. The van der Waals surface area contributed by atoms with Gasteiger partial charge in [-0.05, 0) is 49.4 Å². The highest BCUT2D eigenvalue weighted by Crippen LogP contribution is 2.25. The Kier molecular flexibility index (Phi) is 7.33. The van der Waals surface area contributed by atoms with Gasteiger partial charge < -0.3 is 20.9 Å². The number of carbonyl (C=O) groups is 2. The second kappa shape index (κ2) is 10.6. The molecular formula is C26H31N5O4. The number of para-hydroxylation sites is 1. The van der Waals surface area contributed by atoms with Gasteiger partial charge >= 0.3 is 6.03 Å². The molecule has 0 bridgehead atoms. The Labute approximate surface area is 203 Å². The number of benzene rings is 2. The number of nitro groups is 1. The molecule has 1 saturated carbocycles. The van der Waals surface area contributed by atoms with Crippen molar-refractivity contribution in [3.63, 3.8) is 0 Å². The van der Waals surface area contributed by atoms with E-state index in [1.54, 1.807) is 6.92 Å². The van der Waals surface area contributed by atoms with E-state index in [4.69, 9.17) is 0 Å². The quantitative estimate of drug-likeness (QED) is 0.272. The van der Waals surface area contributed by atoms with Crippen molar-refractivity contribution in [3.8, 4) is 0 Å². The molecule has 1 fully saturated rings. The van der Waals surface area contributed by atoms with Crippen LogP contribution in [0.1, 0.15) is 44.6 Å². The van der Waals surface area contributed by atoms with Crippen LogP contribution in [0.15, 0.2) is 54.7 Å². The van der Waals surface area contributed by atoms with E-state index < -0.39 is 16.5 Å². The number of nitro benzene ring substituents is 1. The molecule has 0 saturated heterocycles. The fraction of sp³-hybridized carbons (Fsp3) is 0.385. The average molecular weight is 478 g/mol. The molecule has 1 aromatic heterocycles. The first kappa shape index (κ1) is 24.3. The number of urea groups is 1. The number of H-pyrrole nitrogens is 1. The molecule has 3 amide bonds. The Balaban J connectivity index is 1.50. The van der Waals surface area contributed by atoms with E-state index in [-0.39, 0.29) is 11.6 Å². The number of nitrogens with zero attached hydrogens (tertiary/aromatic N) is 1. The number of rotatable bonds is 8. The minimum Gasteiger partial charge on any atom is -0.361 e.